The molecule has 3 N–H and O–H groups in total. The van der Waals surface area contributed by atoms with Crippen molar-refractivity contribution in [3.63, 3.8) is 0 Å². The van der Waals surface area contributed by atoms with Crippen LogP contribution in [-0.4, -0.2) is 19.6 Å². The maximum absolute atomic E-state index is 12.8. The van der Waals surface area contributed by atoms with Gasteiger partial charge in [-0.1, -0.05) is 28.1 Å². The molecule has 0 aliphatic heterocycles. The molecule has 0 spiro atoms. The number of nitrogens with two attached hydrogens (primary N) is 1. The first-order valence-electron chi connectivity index (χ1n) is 7.13. The Morgan fingerprint density at radius 3 is 2.91 bits per heavy atom. The molecule has 6 nitrogen and oxygen atoms in total. The Hall–Kier alpha value is -2.15. The molecule has 1 aliphatic rings. The zero-order valence-electron chi connectivity index (χ0n) is 11.7. The van der Waals surface area contributed by atoms with E-state index in [-0.39, 0.29) is 11.5 Å². The number of halogens is 1. The molecule has 4 rings (SSSR count). The van der Waals surface area contributed by atoms with Crippen LogP contribution < -0.4 is 11.3 Å². The van der Waals surface area contributed by atoms with E-state index in [9.17, 15) is 4.79 Å². The summed E-state index contributed by atoms with van der Waals surface area (Å²) in [6, 6.07) is 7.96. The smallest absolute Gasteiger partial charge is 0.277 e. The van der Waals surface area contributed by atoms with Gasteiger partial charge in [0.1, 0.15) is 0 Å². The standard InChI is InChI=1S/C15H14BrN5O/c16-10-3-1-2-8(6-10)7-11-12(9-4-5-9)18-15-19-14(17)20-21(15)13(11)22/h1-3,6,9H,4-5,7H2,(H3,17,18,19,20). The third-order valence-electron chi connectivity index (χ3n) is 3.87. The lowest BCUT2D eigenvalue weighted by atomic mass is 10.0. The normalized spacial score (nSPS) is 14.6. The second-order valence-electron chi connectivity index (χ2n) is 5.61. The molecule has 2 heterocycles. The Kier molecular flexibility index (Phi) is 3.04. The van der Waals surface area contributed by atoms with Crippen molar-refractivity contribution in [1.29, 1.82) is 0 Å². The minimum Gasteiger partial charge on any atom is -0.368 e. The van der Waals surface area contributed by atoms with E-state index < -0.39 is 0 Å². The molecule has 0 unspecified atom stereocenters. The number of anilines is 1. The van der Waals surface area contributed by atoms with Crippen LogP contribution >= 0.6 is 15.9 Å². The van der Waals surface area contributed by atoms with Crippen LogP contribution in [0.25, 0.3) is 5.78 Å². The SMILES string of the molecule is Nc1nc2nc(C3CC3)c(Cc3cccc(Br)c3)c(=O)n2[nH]1. The van der Waals surface area contributed by atoms with Gasteiger partial charge in [-0.3, -0.25) is 9.89 Å². The fourth-order valence-electron chi connectivity index (χ4n) is 2.70. The average Bonchev–Trinajstić information content (AvgIpc) is 3.24. The van der Waals surface area contributed by atoms with E-state index in [1.165, 1.54) is 4.52 Å². The summed E-state index contributed by atoms with van der Waals surface area (Å²) >= 11 is 3.47. The number of nitrogen functional groups attached to an aromatic ring is 1. The highest BCUT2D eigenvalue weighted by Gasteiger charge is 2.30. The van der Waals surface area contributed by atoms with Gasteiger partial charge in [-0.2, -0.15) is 9.50 Å². The number of hydrogen-bond acceptors (Lipinski definition) is 4. The van der Waals surface area contributed by atoms with Gasteiger partial charge in [-0.25, -0.2) is 4.98 Å². The monoisotopic (exact) mass is 359 g/mol. The highest BCUT2D eigenvalue weighted by atomic mass is 79.9. The average molecular weight is 360 g/mol. The second-order valence-corrected chi connectivity index (χ2v) is 6.52. The predicted molar refractivity (Wildman–Crippen MR) is 86.9 cm³/mol. The van der Waals surface area contributed by atoms with Gasteiger partial charge in [-0.15, -0.1) is 0 Å². The molecular formula is C15H14BrN5O. The molecular weight excluding hydrogens is 346 g/mol. The summed E-state index contributed by atoms with van der Waals surface area (Å²) in [5.74, 6) is 0.922. The molecule has 3 aromatic rings. The van der Waals surface area contributed by atoms with Crippen LogP contribution in [0.5, 0.6) is 0 Å². The van der Waals surface area contributed by atoms with E-state index >= 15 is 0 Å². The summed E-state index contributed by atoms with van der Waals surface area (Å²) in [7, 11) is 0. The summed E-state index contributed by atoms with van der Waals surface area (Å²) in [5, 5.41) is 2.75. The molecule has 112 valence electrons. The van der Waals surface area contributed by atoms with E-state index in [4.69, 9.17) is 5.73 Å². The fourth-order valence-corrected chi connectivity index (χ4v) is 3.14. The van der Waals surface area contributed by atoms with Crippen molar-refractivity contribution in [1.82, 2.24) is 19.6 Å². The van der Waals surface area contributed by atoms with Gasteiger partial charge in [-0.05, 0) is 30.5 Å². The number of nitrogens with zero attached hydrogens (tertiary/aromatic N) is 3. The number of aromatic nitrogens is 4. The topological polar surface area (TPSA) is 89.1 Å². The van der Waals surface area contributed by atoms with Crippen LogP contribution in [0.1, 0.15) is 35.6 Å². The van der Waals surface area contributed by atoms with Gasteiger partial charge < -0.3 is 5.73 Å². The van der Waals surface area contributed by atoms with E-state index in [0.29, 0.717) is 18.1 Å². The van der Waals surface area contributed by atoms with Crippen LogP contribution in [0.4, 0.5) is 5.95 Å². The summed E-state index contributed by atoms with van der Waals surface area (Å²) in [4.78, 5) is 21.4. The summed E-state index contributed by atoms with van der Waals surface area (Å²) in [6.45, 7) is 0. The van der Waals surface area contributed by atoms with Crippen molar-refractivity contribution in [2.45, 2.75) is 25.2 Å². The lowest BCUT2D eigenvalue weighted by molar-refractivity contribution is 0.839. The van der Waals surface area contributed by atoms with E-state index in [1.54, 1.807) is 0 Å². The van der Waals surface area contributed by atoms with E-state index in [0.717, 1.165) is 34.1 Å². The zero-order valence-corrected chi connectivity index (χ0v) is 13.3. The first-order chi connectivity index (χ1) is 10.6. The number of rotatable bonds is 3. The first-order valence-corrected chi connectivity index (χ1v) is 7.92. The highest BCUT2D eigenvalue weighted by molar-refractivity contribution is 9.10. The molecule has 0 amide bonds. The number of hydrogen-bond donors (Lipinski definition) is 2. The maximum Gasteiger partial charge on any atom is 0.277 e. The maximum atomic E-state index is 12.8. The fraction of sp³-hybridized carbons (Fsp3) is 0.267. The molecule has 1 aromatic carbocycles. The first kappa shape index (κ1) is 13.5. The Balaban J connectivity index is 1.89. The van der Waals surface area contributed by atoms with Crippen LogP contribution in [0.15, 0.2) is 33.5 Å². The highest BCUT2D eigenvalue weighted by Crippen LogP contribution is 2.40. The Morgan fingerprint density at radius 1 is 1.36 bits per heavy atom. The van der Waals surface area contributed by atoms with Crippen LogP contribution in [-0.2, 0) is 6.42 Å². The molecule has 0 atom stereocenters. The third-order valence-corrected chi connectivity index (χ3v) is 4.36. The Bertz CT molecular complexity index is 925. The molecule has 0 saturated heterocycles. The Labute approximate surface area is 134 Å². The van der Waals surface area contributed by atoms with Gasteiger partial charge in [0, 0.05) is 22.4 Å². The van der Waals surface area contributed by atoms with E-state index in [2.05, 4.69) is 31.0 Å². The summed E-state index contributed by atoms with van der Waals surface area (Å²) < 4.78 is 2.33. The van der Waals surface area contributed by atoms with Crippen molar-refractivity contribution in [3.8, 4) is 0 Å². The van der Waals surface area contributed by atoms with E-state index in [1.807, 2.05) is 24.3 Å². The lowest BCUT2D eigenvalue weighted by Gasteiger charge is -2.08. The lowest BCUT2D eigenvalue weighted by Crippen LogP contribution is -2.23. The van der Waals surface area contributed by atoms with Gasteiger partial charge in [0.25, 0.3) is 11.3 Å². The molecule has 2 aromatic heterocycles. The predicted octanol–water partition coefficient (Wildman–Crippen LogP) is 2.23. The van der Waals surface area contributed by atoms with Gasteiger partial charge >= 0.3 is 0 Å². The van der Waals surface area contributed by atoms with Crippen molar-refractivity contribution in [2.24, 2.45) is 0 Å². The van der Waals surface area contributed by atoms with Crippen molar-refractivity contribution in [2.75, 3.05) is 5.73 Å². The van der Waals surface area contributed by atoms with Gasteiger partial charge in [0.2, 0.25) is 5.95 Å². The summed E-state index contributed by atoms with van der Waals surface area (Å²) in [5.41, 5.74) is 8.20. The number of H-pyrrole nitrogens is 1. The molecule has 1 fully saturated rings. The molecule has 0 radical (unpaired) electrons. The van der Waals surface area contributed by atoms with Crippen molar-refractivity contribution < 1.29 is 0 Å². The molecule has 1 saturated carbocycles. The minimum absolute atomic E-state index is 0.115. The van der Waals surface area contributed by atoms with Gasteiger partial charge in [0.15, 0.2) is 0 Å². The zero-order chi connectivity index (χ0) is 15.3. The number of fused-ring (bicyclic) bond motifs is 1. The van der Waals surface area contributed by atoms with Crippen LogP contribution in [0.2, 0.25) is 0 Å². The number of nitrogens with one attached hydrogen (secondary N) is 1. The second kappa shape index (κ2) is 4.95. The Morgan fingerprint density at radius 2 is 2.18 bits per heavy atom. The minimum atomic E-state index is -0.115. The van der Waals surface area contributed by atoms with Crippen molar-refractivity contribution in [3.05, 3.63) is 55.9 Å². The number of aromatic amines is 1. The summed E-state index contributed by atoms with van der Waals surface area (Å²) in [6.07, 6.45) is 2.71. The van der Waals surface area contributed by atoms with Crippen LogP contribution in [0.3, 0.4) is 0 Å². The molecule has 1 aliphatic carbocycles. The molecule has 0 bridgehead atoms. The third kappa shape index (κ3) is 2.31. The molecule has 7 heteroatoms. The number of benzene rings is 1. The van der Waals surface area contributed by atoms with Crippen molar-refractivity contribution >= 4 is 27.7 Å². The van der Waals surface area contributed by atoms with Crippen LogP contribution in [0, 0.1) is 0 Å². The largest absolute Gasteiger partial charge is 0.368 e. The van der Waals surface area contributed by atoms with Gasteiger partial charge in [0.05, 0.1) is 5.69 Å². The quantitative estimate of drug-likeness (QED) is 0.750. The molecule has 22 heavy (non-hydrogen) atoms.